The summed E-state index contributed by atoms with van der Waals surface area (Å²) in [5, 5.41) is 1.31. The highest BCUT2D eigenvalue weighted by Gasteiger charge is 2.29. The van der Waals surface area contributed by atoms with Crippen LogP contribution in [-0.4, -0.2) is 16.5 Å². The lowest BCUT2D eigenvalue weighted by molar-refractivity contribution is 0.405. The Bertz CT molecular complexity index is 336. The average Bonchev–Trinajstić information content (AvgIpc) is 2.32. The fraction of sp³-hybridized carbons (Fsp3) is 0.600. The first-order valence-corrected chi connectivity index (χ1v) is 7.57. The van der Waals surface area contributed by atoms with Crippen molar-refractivity contribution in [3.05, 3.63) is 35.9 Å². The van der Waals surface area contributed by atoms with Gasteiger partial charge in [-0.25, -0.2) is 0 Å². The minimum absolute atomic E-state index is 0.391. The quantitative estimate of drug-likeness (QED) is 0.882. The maximum Gasteiger partial charge on any atom is 0.0207 e. The van der Waals surface area contributed by atoms with E-state index in [1.807, 2.05) is 0 Å². The van der Waals surface area contributed by atoms with E-state index in [-0.39, 0.29) is 0 Å². The van der Waals surface area contributed by atoms with Crippen LogP contribution in [0.2, 0.25) is 0 Å². The maximum absolute atomic E-state index is 6.25. The molecule has 0 aromatic heterocycles. The van der Waals surface area contributed by atoms with Crippen molar-refractivity contribution in [2.24, 2.45) is 5.73 Å². The fourth-order valence-corrected chi connectivity index (χ4v) is 4.07. The average molecular weight is 249 g/mol. The van der Waals surface area contributed by atoms with E-state index in [2.05, 4.69) is 55.9 Å². The fourth-order valence-electron chi connectivity index (χ4n) is 2.69. The summed E-state index contributed by atoms with van der Waals surface area (Å²) < 4.78 is 0. The van der Waals surface area contributed by atoms with Crippen LogP contribution in [0.25, 0.3) is 0 Å². The van der Waals surface area contributed by atoms with Crippen molar-refractivity contribution in [2.75, 3.05) is 0 Å². The molecular weight excluding hydrogens is 226 g/mol. The van der Waals surface area contributed by atoms with E-state index in [1.165, 1.54) is 24.8 Å². The van der Waals surface area contributed by atoms with Gasteiger partial charge in [0.2, 0.25) is 0 Å². The summed E-state index contributed by atoms with van der Waals surface area (Å²) in [6.45, 7) is 4.53. The molecule has 1 fully saturated rings. The van der Waals surface area contributed by atoms with Crippen LogP contribution in [0.1, 0.15) is 44.6 Å². The van der Waals surface area contributed by atoms with Crippen LogP contribution >= 0.6 is 11.8 Å². The summed E-state index contributed by atoms with van der Waals surface area (Å²) in [7, 11) is 0. The normalized spacial score (nSPS) is 29.5. The predicted octanol–water partition coefficient (Wildman–Crippen LogP) is 3.79. The van der Waals surface area contributed by atoms with Crippen molar-refractivity contribution in [3.8, 4) is 0 Å². The molecule has 3 atom stereocenters. The summed E-state index contributed by atoms with van der Waals surface area (Å²) >= 11 is 2.06. The molecule has 0 amide bonds. The number of hydrogen-bond donors (Lipinski definition) is 1. The molecule has 94 valence electrons. The first-order chi connectivity index (χ1) is 8.16. The number of hydrogen-bond acceptors (Lipinski definition) is 2. The van der Waals surface area contributed by atoms with Crippen LogP contribution in [0.15, 0.2) is 30.3 Å². The zero-order valence-corrected chi connectivity index (χ0v) is 11.6. The van der Waals surface area contributed by atoms with Gasteiger partial charge in [0, 0.05) is 11.3 Å². The molecular formula is C15H23NS. The lowest BCUT2D eigenvalue weighted by atomic mass is 9.82. The molecule has 0 spiro atoms. The van der Waals surface area contributed by atoms with E-state index in [9.17, 15) is 0 Å². The van der Waals surface area contributed by atoms with Crippen LogP contribution in [0.4, 0.5) is 0 Å². The third-order valence-corrected chi connectivity index (χ3v) is 5.00. The van der Waals surface area contributed by atoms with Crippen molar-refractivity contribution >= 4 is 11.8 Å². The first kappa shape index (κ1) is 13.0. The smallest absolute Gasteiger partial charge is 0.0207 e. The molecule has 1 nitrogen and oxygen atoms in total. The lowest BCUT2D eigenvalue weighted by Gasteiger charge is -2.35. The summed E-state index contributed by atoms with van der Waals surface area (Å²) in [5.41, 5.74) is 7.74. The Labute approximate surface area is 109 Å². The molecule has 2 rings (SSSR count). The van der Waals surface area contributed by atoms with Gasteiger partial charge < -0.3 is 5.73 Å². The molecule has 17 heavy (non-hydrogen) atoms. The Balaban J connectivity index is 2.02. The van der Waals surface area contributed by atoms with Gasteiger partial charge in [0.1, 0.15) is 0 Å². The topological polar surface area (TPSA) is 26.0 Å². The molecule has 0 saturated heterocycles. The Morgan fingerprint density at radius 2 is 1.88 bits per heavy atom. The summed E-state index contributed by atoms with van der Waals surface area (Å²) in [5.74, 6) is 0.715. The predicted molar refractivity (Wildman–Crippen MR) is 77.5 cm³/mol. The molecule has 0 bridgehead atoms. The number of thioether (sulfide) groups is 1. The van der Waals surface area contributed by atoms with Crippen LogP contribution in [-0.2, 0) is 0 Å². The van der Waals surface area contributed by atoms with E-state index in [1.54, 1.807) is 0 Å². The largest absolute Gasteiger partial charge is 0.327 e. The first-order valence-electron chi connectivity index (χ1n) is 6.63. The van der Waals surface area contributed by atoms with Gasteiger partial charge >= 0.3 is 0 Å². The Hall–Kier alpha value is -0.470. The van der Waals surface area contributed by atoms with Gasteiger partial charge in [0.05, 0.1) is 0 Å². The number of benzene rings is 1. The molecule has 3 unspecified atom stereocenters. The van der Waals surface area contributed by atoms with E-state index < -0.39 is 0 Å². The molecule has 0 aliphatic heterocycles. The monoisotopic (exact) mass is 249 g/mol. The van der Waals surface area contributed by atoms with Gasteiger partial charge in [-0.1, -0.05) is 44.2 Å². The van der Waals surface area contributed by atoms with Gasteiger partial charge in [0.15, 0.2) is 0 Å². The van der Waals surface area contributed by atoms with Gasteiger partial charge in [-0.2, -0.15) is 11.8 Å². The number of nitrogens with two attached hydrogens (primary N) is 1. The van der Waals surface area contributed by atoms with E-state index in [0.717, 1.165) is 0 Å². The van der Waals surface area contributed by atoms with Gasteiger partial charge in [-0.3, -0.25) is 0 Å². The summed E-state index contributed by atoms with van der Waals surface area (Å²) in [4.78, 5) is 0. The van der Waals surface area contributed by atoms with Crippen molar-refractivity contribution in [1.82, 2.24) is 0 Å². The van der Waals surface area contributed by atoms with Gasteiger partial charge in [-0.15, -0.1) is 0 Å². The van der Waals surface area contributed by atoms with Crippen molar-refractivity contribution in [2.45, 2.75) is 55.6 Å². The second kappa shape index (κ2) is 5.92. The van der Waals surface area contributed by atoms with E-state index >= 15 is 0 Å². The molecule has 1 saturated carbocycles. The SMILES string of the molecule is CC(C)SC1CC(c2ccccc2)CCC1N. The zero-order valence-electron chi connectivity index (χ0n) is 10.8. The molecule has 1 aliphatic carbocycles. The molecule has 0 heterocycles. The minimum atomic E-state index is 0.391. The van der Waals surface area contributed by atoms with Crippen LogP contribution in [0, 0.1) is 0 Å². The van der Waals surface area contributed by atoms with Gasteiger partial charge in [-0.05, 0) is 36.0 Å². The van der Waals surface area contributed by atoms with Crippen molar-refractivity contribution in [3.63, 3.8) is 0 Å². The molecule has 1 aromatic rings. The maximum atomic E-state index is 6.25. The van der Waals surface area contributed by atoms with Crippen molar-refractivity contribution < 1.29 is 0 Å². The molecule has 2 heteroatoms. The Morgan fingerprint density at radius 3 is 2.53 bits per heavy atom. The summed E-state index contributed by atoms with van der Waals surface area (Å²) in [6, 6.07) is 11.3. The highest BCUT2D eigenvalue weighted by atomic mass is 32.2. The molecule has 1 aromatic carbocycles. The van der Waals surface area contributed by atoms with Gasteiger partial charge in [0.25, 0.3) is 0 Å². The minimum Gasteiger partial charge on any atom is -0.327 e. The number of rotatable bonds is 3. The van der Waals surface area contributed by atoms with Crippen LogP contribution < -0.4 is 5.73 Å². The third-order valence-electron chi connectivity index (χ3n) is 3.56. The second-order valence-electron chi connectivity index (χ2n) is 5.31. The Morgan fingerprint density at radius 1 is 1.18 bits per heavy atom. The zero-order chi connectivity index (χ0) is 12.3. The second-order valence-corrected chi connectivity index (χ2v) is 7.13. The van der Waals surface area contributed by atoms with Crippen molar-refractivity contribution in [1.29, 1.82) is 0 Å². The van der Waals surface area contributed by atoms with Crippen LogP contribution in [0.5, 0.6) is 0 Å². The highest BCUT2D eigenvalue weighted by molar-refractivity contribution is 8.00. The highest BCUT2D eigenvalue weighted by Crippen LogP contribution is 2.38. The lowest BCUT2D eigenvalue weighted by Crippen LogP contribution is -2.38. The molecule has 2 N–H and O–H groups in total. The summed E-state index contributed by atoms with van der Waals surface area (Å²) in [6.07, 6.45) is 3.66. The third kappa shape index (κ3) is 3.49. The molecule has 1 aliphatic rings. The van der Waals surface area contributed by atoms with E-state index in [0.29, 0.717) is 22.5 Å². The molecule has 0 radical (unpaired) electrons. The van der Waals surface area contributed by atoms with Crippen LogP contribution in [0.3, 0.4) is 0 Å². The Kier molecular flexibility index (Phi) is 4.52. The van der Waals surface area contributed by atoms with E-state index in [4.69, 9.17) is 5.73 Å². The standard InChI is InChI=1S/C15H23NS/c1-11(2)17-15-10-13(8-9-14(15)16)12-6-4-3-5-7-12/h3-7,11,13-15H,8-10,16H2,1-2H3.